The van der Waals surface area contributed by atoms with Crippen LogP contribution in [-0.2, 0) is 6.54 Å². The molecule has 2 rings (SSSR count). The van der Waals surface area contributed by atoms with Crippen molar-refractivity contribution in [2.75, 3.05) is 20.1 Å². The monoisotopic (exact) mass is 278 g/mol. The molecule has 112 valence electrons. The number of nitrogens with zero attached hydrogens (tertiary/aromatic N) is 1. The average molecular weight is 278 g/mol. The van der Waals surface area contributed by atoms with Crippen LogP contribution in [0.5, 0.6) is 0 Å². The van der Waals surface area contributed by atoms with Crippen LogP contribution < -0.4 is 5.32 Å². The molecule has 0 spiro atoms. The molecule has 2 atom stereocenters. The molecule has 1 N–H and O–H groups in total. The first-order valence-corrected chi connectivity index (χ1v) is 7.71. The van der Waals surface area contributed by atoms with E-state index in [-0.39, 0.29) is 5.82 Å². The first kappa shape index (κ1) is 15.5. The Balaban J connectivity index is 1.77. The lowest BCUT2D eigenvalue weighted by molar-refractivity contribution is 0.0776. The number of benzene rings is 1. The largest absolute Gasteiger partial charge is 0.316 e. The molecule has 1 aliphatic rings. The molecular weight excluding hydrogens is 251 g/mol. The molecule has 1 aliphatic carbocycles. The lowest BCUT2D eigenvalue weighted by Gasteiger charge is -2.43. The maximum absolute atomic E-state index is 12.9. The van der Waals surface area contributed by atoms with Crippen molar-refractivity contribution in [1.29, 1.82) is 0 Å². The van der Waals surface area contributed by atoms with Gasteiger partial charge in [-0.05, 0) is 62.5 Å². The lowest BCUT2D eigenvalue weighted by Crippen LogP contribution is -2.48. The van der Waals surface area contributed by atoms with Gasteiger partial charge in [0.25, 0.3) is 0 Å². The van der Waals surface area contributed by atoms with Crippen LogP contribution in [0.1, 0.15) is 32.3 Å². The summed E-state index contributed by atoms with van der Waals surface area (Å²) < 4.78 is 12.9. The third-order valence-electron chi connectivity index (χ3n) is 4.25. The van der Waals surface area contributed by atoms with E-state index in [0.717, 1.165) is 25.6 Å². The van der Waals surface area contributed by atoms with Crippen LogP contribution >= 0.6 is 0 Å². The first-order valence-electron chi connectivity index (χ1n) is 7.71. The highest BCUT2D eigenvalue weighted by Gasteiger charge is 2.33. The summed E-state index contributed by atoms with van der Waals surface area (Å²) in [5, 5.41) is 3.57. The molecule has 3 heteroatoms. The van der Waals surface area contributed by atoms with E-state index in [1.807, 2.05) is 12.1 Å². The molecule has 20 heavy (non-hydrogen) atoms. The van der Waals surface area contributed by atoms with Gasteiger partial charge in [0.1, 0.15) is 5.82 Å². The smallest absolute Gasteiger partial charge is 0.123 e. The fraction of sp³-hybridized carbons (Fsp3) is 0.647. The number of halogens is 1. The van der Waals surface area contributed by atoms with E-state index < -0.39 is 0 Å². The number of nitrogens with one attached hydrogen (secondary N) is 1. The van der Waals surface area contributed by atoms with E-state index in [1.54, 1.807) is 12.1 Å². The summed E-state index contributed by atoms with van der Waals surface area (Å²) in [4.78, 5) is 2.42. The van der Waals surface area contributed by atoms with Gasteiger partial charge in [-0.1, -0.05) is 26.0 Å². The molecule has 0 bridgehead atoms. The number of hydrogen-bond donors (Lipinski definition) is 1. The highest BCUT2D eigenvalue weighted by Crippen LogP contribution is 2.31. The van der Waals surface area contributed by atoms with Gasteiger partial charge in [0.15, 0.2) is 0 Å². The molecule has 2 unspecified atom stereocenters. The van der Waals surface area contributed by atoms with Gasteiger partial charge < -0.3 is 5.32 Å². The van der Waals surface area contributed by atoms with E-state index in [2.05, 4.69) is 31.1 Å². The molecule has 1 aromatic rings. The summed E-state index contributed by atoms with van der Waals surface area (Å²) in [7, 11) is 2.18. The molecule has 0 heterocycles. The van der Waals surface area contributed by atoms with E-state index in [9.17, 15) is 4.39 Å². The third kappa shape index (κ3) is 4.29. The van der Waals surface area contributed by atoms with Gasteiger partial charge in [0, 0.05) is 12.6 Å². The SMILES string of the molecule is CC(C)CNCC1CCC1N(C)Cc1ccc(F)cc1. The predicted octanol–water partition coefficient (Wildman–Crippen LogP) is 3.28. The summed E-state index contributed by atoms with van der Waals surface area (Å²) >= 11 is 0. The zero-order chi connectivity index (χ0) is 14.5. The number of hydrogen-bond acceptors (Lipinski definition) is 2. The Bertz CT molecular complexity index is 402. The Kier molecular flexibility index (Phi) is 5.55. The molecule has 0 aromatic heterocycles. The topological polar surface area (TPSA) is 15.3 Å². The minimum atomic E-state index is -0.157. The van der Waals surface area contributed by atoms with E-state index in [4.69, 9.17) is 0 Å². The molecule has 1 aromatic carbocycles. The first-order chi connectivity index (χ1) is 9.56. The summed E-state index contributed by atoms with van der Waals surface area (Å²) in [6, 6.07) is 7.53. The maximum Gasteiger partial charge on any atom is 0.123 e. The zero-order valence-corrected chi connectivity index (χ0v) is 12.9. The molecule has 1 fully saturated rings. The third-order valence-corrected chi connectivity index (χ3v) is 4.25. The van der Waals surface area contributed by atoms with Crippen molar-refractivity contribution in [3.05, 3.63) is 35.6 Å². The Morgan fingerprint density at radius 1 is 1.25 bits per heavy atom. The molecule has 1 saturated carbocycles. The van der Waals surface area contributed by atoms with Crippen molar-refractivity contribution < 1.29 is 4.39 Å². The second-order valence-electron chi connectivity index (χ2n) is 6.50. The molecular formula is C17H27FN2. The quantitative estimate of drug-likeness (QED) is 0.823. The average Bonchev–Trinajstić information content (AvgIpc) is 2.35. The summed E-state index contributed by atoms with van der Waals surface area (Å²) in [6.07, 6.45) is 2.61. The van der Waals surface area contributed by atoms with Gasteiger partial charge in [0.2, 0.25) is 0 Å². The molecule has 2 nitrogen and oxygen atoms in total. The van der Waals surface area contributed by atoms with E-state index in [0.29, 0.717) is 12.0 Å². The number of rotatable bonds is 7. The minimum Gasteiger partial charge on any atom is -0.316 e. The van der Waals surface area contributed by atoms with Crippen LogP contribution in [0.3, 0.4) is 0 Å². The van der Waals surface area contributed by atoms with Gasteiger partial charge in [0.05, 0.1) is 0 Å². The van der Waals surface area contributed by atoms with Crippen LogP contribution in [0.25, 0.3) is 0 Å². The highest BCUT2D eigenvalue weighted by molar-refractivity contribution is 5.16. The van der Waals surface area contributed by atoms with Gasteiger partial charge in [-0.25, -0.2) is 4.39 Å². The molecule has 0 saturated heterocycles. The highest BCUT2D eigenvalue weighted by atomic mass is 19.1. The lowest BCUT2D eigenvalue weighted by atomic mass is 9.78. The maximum atomic E-state index is 12.9. The minimum absolute atomic E-state index is 0.157. The van der Waals surface area contributed by atoms with Gasteiger partial charge in [-0.15, -0.1) is 0 Å². The summed E-state index contributed by atoms with van der Waals surface area (Å²) in [5.41, 5.74) is 1.19. The molecule has 0 radical (unpaired) electrons. The van der Waals surface area contributed by atoms with Crippen molar-refractivity contribution >= 4 is 0 Å². The van der Waals surface area contributed by atoms with E-state index in [1.165, 1.54) is 18.4 Å². The van der Waals surface area contributed by atoms with Crippen LogP contribution in [0.15, 0.2) is 24.3 Å². The van der Waals surface area contributed by atoms with E-state index >= 15 is 0 Å². The van der Waals surface area contributed by atoms with Crippen molar-refractivity contribution in [3.63, 3.8) is 0 Å². The van der Waals surface area contributed by atoms with Crippen LogP contribution in [0, 0.1) is 17.7 Å². The standard InChI is InChI=1S/C17H27FN2/c1-13(2)10-19-11-15-6-9-17(15)20(3)12-14-4-7-16(18)8-5-14/h4-5,7-8,13,15,17,19H,6,9-12H2,1-3H3. The van der Waals surface area contributed by atoms with Gasteiger partial charge >= 0.3 is 0 Å². The van der Waals surface area contributed by atoms with Crippen molar-refractivity contribution in [2.45, 2.75) is 39.3 Å². The molecule has 0 amide bonds. The Morgan fingerprint density at radius 2 is 1.95 bits per heavy atom. The predicted molar refractivity (Wildman–Crippen MR) is 82.1 cm³/mol. The Labute approximate surface area is 122 Å². The Hall–Kier alpha value is -0.930. The fourth-order valence-corrected chi connectivity index (χ4v) is 2.92. The van der Waals surface area contributed by atoms with Crippen LogP contribution in [-0.4, -0.2) is 31.1 Å². The normalized spacial score (nSPS) is 22.3. The van der Waals surface area contributed by atoms with Crippen molar-refractivity contribution in [3.8, 4) is 0 Å². The van der Waals surface area contributed by atoms with Gasteiger partial charge in [-0.2, -0.15) is 0 Å². The van der Waals surface area contributed by atoms with Crippen molar-refractivity contribution in [2.24, 2.45) is 11.8 Å². The van der Waals surface area contributed by atoms with Crippen molar-refractivity contribution in [1.82, 2.24) is 10.2 Å². The van der Waals surface area contributed by atoms with Crippen LogP contribution in [0.4, 0.5) is 4.39 Å². The second kappa shape index (κ2) is 7.19. The molecule has 0 aliphatic heterocycles. The summed E-state index contributed by atoms with van der Waals surface area (Å²) in [6.45, 7) is 7.62. The Morgan fingerprint density at radius 3 is 2.50 bits per heavy atom. The zero-order valence-electron chi connectivity index (χ0n) is 12.9. The van der Waals surface area contributed by atoms with Crippen LogP contribution in [0.2, 0.25) is 0 Å². The van der Waals surface area contributed by atoms with Gasteiger partial charge in [-0.3, -0.25) is 4.90 Å². The summed E-state index contributed by atoms with van der Waals surface area (Å²) in [5.74, 6) is 1.32. The second-order valence-corrected chi connectivity index (χ2v) is 6.50. The fourth-order valence-electron chi connectivity index (χ4n) is 2.92.